The first-order chi connectivity index (χ1) is 12.2. The lowest BCUT2D eigenvalue weighted by Gasteiger charge is -2.16. The second-order valence-electron chi connectivity index (χ2n) is 6.13. The minimum Gasteiger partial charge on any atom is -0.360 e. The normalized spacial score (nSPS) is 19.3. The molecule has 4 rings (SSSR count). The molecule has 1 amide bonds. The van der Waals surface area contributed by atoms with Crippen molar-refractivity contribution < 1.29 is 4.79 Å². The zero-order chi connectivity index (χ0) is 17.2. The van der Waals surface area contributed by atoms with Gasteiger partial charge in [0.15, 0.2) is 0 Å². The smallest absolute Gasteiger partial charge is 0.262 e. The SMILES string of the molecule is N=C1CN(c2cn[nH]c2)C(=O)/C1=C/Nc1ccc(N2CCCC2)nc1. The molecule has 2 aromatic heterocycles. The van der Waals surface area contributed by atoms with Crippen LogP contribution in [-0.2, 0) is 4.79 Å². The fourth-order valence-electron chi connectivity index (χ4n) is 3.10. The summed E-state index contributed by atoms with van der Waals surface area (Å²) in [5.74, 6) is 0.770. The highest BCUT2D eigenvalue weighted by molar-refractivity contribution is 6.32. The fraction of sp³-hybridized carbons (Fsp3) is 0.294. The van der Waals surface area contributed by atoms with E-state index >= 15 is 0 Å². The predicted octanol–water partition coefficient (Wildman–Crippen LogP) is 1.77. The van der Waals surface area contributed by atoms with E-state index in [1.807, 2.05) is 12.1 Å². The molecule has 4 heterocycles. The Labute approximate surface area is 145 Å². The first-order valence-electron chi connectivity index (χ1n) is 8.28. The van der Waals surface area contributed by atoms with Crippen molar-refractivity contribution in [1.82, 2.24) is 15.2 Å². The van der Waals surface area contributed by atoms with E-state index in [-0.39, 0.29) is 18.2 Å². The average Bonchev–Trinajstić information content (AvgIpc) is 3.36. The topological polar surface area (TPSA) is 101 Å². The second kappa shape index (κ2) is 6.39. The highest BCUT2D eigenvalue weighted by Crippen LogP contribution is 2.22. The molecule has 0 spiro atoms. The summed E-state index contributed by atoms with van der Waals surface area (Å²) in [6.07, 6.45) is 8.97. The van der Waals surface area contributed by atoms with Gasteiger partial charge >= 0.3 is 0 Å². The highest BCUT2D eigenvalue weighted by atomic mass is 16.2. The third kappa shape index (κ3) is 2.98. The van der Waals surface area contributed by atoms with Gasteiger partial charge in [0.25, 0.3) is 5.91 Å². The summed E-state index contributed by atoms with van der Waals surface area (Å²) in [4.78, 5) is 20.7. The van der Waals surface area contributed by atoms with E-state index in [0.29, 0.717) is 11.3 Å². The summed E-state index contributed by atoms with van der Waals surface area (Å²) in [5, 5.41) is 17.7. The van der Waals surface area contributed by atoms with Crippen molar-refractivity contribution in [2.24, 2.45) is 0 Å². The molecular formula is C17H19N7O. The monoisotopic (exact) mass is 337 g/mol. The number of H-pyrrole nitrogens is 1. The Bertz CT molecular complexity index is 804. The maximum atomic E-state index is 12.5. The zero-order valence-electron chi connectivity index (χ0n) is 13.7. The van der Waals surface area contributed by atoms with E-state index in [9.17, 15) is 4.79 Å². The van der Waals surface area contributed by atoms with Crippen molar-refractivity contribution in [3.8, 4) is 0 Å². The molecule has 128 valence electrons. The van der Waals surface area contributed by atoms with E-state index in [1.165, 1.54) is 17.7 Å². The summed E-state index contributed by atoms with van der Waals surface area (Å²) in [6, 6.07) is 3.92. The molecule has 2 aromatic rings. The Hall–Kier alpha value is -3.16. The van der Waals surface area contributed by atoms with Crippen molar-refractivity contribution in [3.05, 3.63) is 42.5 Å². The number of hydrogen-bond acceptors (Lipinski definition) is 6. The largest absolute Gasteiger partial charge is 0.360 e. The van der Waals surface area contributed by atoms with E-state index in [0.717, 1.165) is 24.6 Å². The van der Waals surface area contributed by atoms with Crippen LogP contribution in [0.2, 0.25) is 0 Å². The van der Waals surface area contributed by atoms with E-state index in [1.54, 1.807) is 24.8 Å². The van der Waals surface area contributed by atoms with Gasteiger partial charge in [-0.3, -0.25) is 14.8 Å². The number of amides is 1. The van der Waals surface area contributed by atoms with Crippen LogP contribution in [0.4, 0.5) is 17.2 Å². The van der Waals surface area contributed by atoms with Crippen LogP contribution in [-0.4, -0.2) is 46.4 Å². The first-order valence-corrected chi connectivity index (χ1v) is 8.28. The summed E-state index contributed by atoms with van der Waals surface area (Å²) >= 11 is 0. The second-order valence-corrected chi connectivity index (χ2v) is 6.13. The molecule has 8 nitrogen and oxygen atoms in total. The minimum absolute atomic E-state index is 0.208. The summed E-state index contributed by atoms with van der Waals surface area (Å²) in [6.45, 7) is 2.36. The van der Waals surface area contributed by atoms with Gasteiger partial charge < -0.3 is 15.6 Å². The number of anilines is 3. The molecule has 2 aliphatic rings. The van der Waals surface area contributed by atoms with Crippen LogP contribution in [0, 0.1) is 5.41 Å². The van der Waals surface area contributed by atoms with Crippen molar-refractivity contribution in [1.29, 1.82) is 5.41 Å². The number of aromatic amines is 1. The first kappa shape index (κ1) is 15.4. The molecule has 0 radical (unpaired) electrons. The number of aromatic nitrogens is 3. The Morgan fingerprint density at radius 3 is 2.76 bits per heavy atom. The lowest BCUT2D eigenvalue weighted by molar-refractivity contribution is -0.114. The molecule has 0 aromatic carbocycles. The maximum absolute atomic E-state index is 12.5. The van der Waals surface area contributed by atoms with Gasteiger partial charge in [0.05, 0.1) is 41.6 Å². The van der Waals surface area contributed by atoms with Crippen LogP contribution in [0.1, 0.15) is 12.8 Å². The summed E-state index contributed by atoms with van der Waals surface area (Å²) in [7, 11) is 0. The highest BCUT2D eigenvalue weighted by Gasteiger charge is 2.32. The molecule has 0 unspecified atom stereocenters. The summed E-state index contributed by atoms with van der Waals surface area (Å²) < 4.78 is 0. The molecule has 25 heavy (non-hydrogen) atoms. The molecule has 0 aliphatic carbocycles. The third-order valence-electron chi connectivity index (χ3n) is 4.47. The van der Waals surface area contributed by atoms with Gasteiger partial charge in [0.2, 0.25) is 0 Å². The third-order valence-corrected chi connectivity index (χ3v) is 4.47. The summed E-state index contributed by atoms with van der Waals surface area (Å²) in [5.41, 5.74) is 2.08. The Balaban J connectivity index is 1.46. The maximum Gasteiger partial charge on any atom is 0.262 e. The van der Waals surface area contributed by atoms with Gasteiger partial charge in [-0.2, -0.15) is 5.10 Å². The Morgan fingerprint density at radius 1 is 1.24 bits per heavy atom. The molecule has 0 saturated carbocycles. The molecule has 0 bridgehead atoms. The zero-order valence-corrected chi connectivity index (χ0v) is 13.7. The van der Waals surface area contributed by atoms with Crippen LogP contribution < -0.4 is 15.1 Å². The number of pyridine rings is 1. The number of nitrogens with zero attached hydrogens (tertiary/aromatic N) is 4. The Morgan fingerprint density at radius 2 is 2.08 bits per heavy atom. The van der Waals surface area contributed by atoms with Gasteiger partial charge in [-0.15, -0.1) is 0 Å². The molecule has 0 atom stereocenters. The molecular weight excluding hydrogens is 318 g/mol. The Kier molecular flexibility index (Phi) is 3.93. The number of hydrogen-bond donors (Lipinski definition) is 3. The van der Waals surface area contributed by atoms with Gasteiger partial charge in [-0.05, 0) is 25.0 Å². The van der Waals surface area contributed by atoms with Crippen molar-refractivity contribution in [2.45, 2.75) is 12.8 Å². The van der Waals surface area contributed by atoms with Crippen LogP contribution in [0.5, 0.6) is 0 Å². The van der Waals surface area contributed by atoms with Gasteiger partial charge in [0, 0.05) is 25.5 Å². The molecule has 2 fully saturated rings. The lowest BCUT2D eigenvalue weighted by Crippen LogP contribution is -2.24. The fourth-order valence-corrected chi connectivity index (χ4v) is 3.10. The van der Waals surface area contributed by atoms with Gasteiger partial charge in [0.1, 0.15) is 5.82 Å². The van der Waals surface area contributed by atoms with E-state index < -0.39 is 0 Å². The van der Waals surface area contributed by atoms with Crippen LogP contribution in [0.3, 0.4) is 0 Å². The molecule has 2 aliphatic heterocycles. The van der Waals surface area contributed by atoms with Gasteiger partial charge in [-0.25, -0.2) is 4.98 Å². The van der Waals surface area contributed by atoms with Crippen LogP contribution in [0.25, 0.3) is 0 Å². The molecule has 3 N–H and O–H groups in total. The number of carbonyl (C=O) groups excluding carboxylic acids is 1. The standard InChI is InChI=1S/C17H19N7O/c18-15-11-24(13-8-21-22-9-13)17(25)14(15)10-19-12-3-4-16(20-7-12)23-5-1-2-6-23/h3-4,7-10,18-19H,1-2,5-6,11H2,(H,21,22)/b14-10+,18-15?. The van der Waals surface area contributed by atoms with Crippen LogP contribution >= 0.6 is 0 Å². The van der Waals surface area contributed by atoms with E-state index in [2.05, 4.69) is 25.4 Å². The predicted molar refractivity (Wildman–Crippen MR) is 96.1 cm³/mol. The minimum atomic E-state index is -0.208. The molecule has 8 heteroatoms. The number of carbonyl (C=O) groups is 1. The average molecular weight is 337 g/mol. The van der Waals surface area contributed by atoms with Crippen molar-refractivity contribution in [3.63, 3.8) is 0 Å². The van der Waals surface area contributed by atoms with E-state index in [4.69, 9.17) is 5.41 Å². The quantitative estimate of drug-likeness (QED) is 0.738. The van der Waals surface area contributed by atoms with Gasteiger partial charge in [-0.1, -0.05) is 0 Å². The number of rotatable bonds is 4. The number of nitrogens with one attached hydrogen (secondary N) is 3. The van der Waals surface area contributed by atoms with Crippen molar-refractivity contribution in [2.75, 3.05) is 34.8 Å². The van der Waals surface area contributed by atoms with Crippen LogP contribution in [0.15, 0.2) is 42.5 Å². The van der Waals surface area contributed by atoms with Crippen molar-refractivity contribution >= 4 is 28.8 Å². The lowest BCUT2D eigenvalue weighted by atomic mass is 10.2. The molecule has 2 saturated heterocycles.